The predicted octanol–water partition coefficient (Wildman–Crippen LogP) is 4.24. The molecule has 0 aliphatic heterocycles. The topological polar surface area (TPSA) is 89.1 Å². The molecule has 0 aliphatic carbocycles. The maximum absolute atomic E-state index is 12.6. The minimum absolute atomic E-state index is 0.0740. The molecule has 38 heavy (non-hydrogen) atoms. The largest absolute Gasteiger partial charge is 0.476 e. The lowest BCUT2D eigenvalue weighted by Crippen LogP contribution is -2.67. The third-order valence-electron chi connectivity index (χ3n) is 6.33. The van der Waals surface area contributed by atoms with E-state index in [2.05, 4.69) is 89.6 Å². The molecule has 4 aromatic rings. The lowest BCUT2D eigenvalue weighted by molar-refractivity contribution is 0.276. The number of nitrogens with zero attached hydrogens (tertiary/aromatic N) is 2. The second-order valence-corrected chi connectivity index (χ2v) is 15.3. The molecule has 200 valence electrons. The fraction of sp³-hybridized carbons (Fsp3) is 0.321. The molecule has 4 rings (SSSR count). The number of thioether (sulfide) groups is 1. The van der Waals surface area contributed by atoms with Gasteiger partial charge in [-0.2, -0.15) is 0 Å². The van der Waals surface area contributed by atoms with Crippen molar-refractivity contribution in [2.24, 2.45) is 0 Å². The lowest BCUT2D eigenvalue weighted by Gasteiger charge is -2.43. The van der Waals surface area contributed by atoms with Gasteiger partial charge in [0.2, 0.25) is 5.88 Å². The highest BCUT2D eigenvalue weighted by Crippen LogP contribution is 2.36. The van der Waals surface area contributed by atoms with Gasteiger partial charge in [0, 0.05) is 25.8 Å². The highest BCUT2D eigenvalue weighted by Gasteiger charge is 2.49. The first kappa shape index (κ1) is 28.3. The molecule has 0 saturated heterocycles. The van der Waals surface area contributed by atoms with Crippen LogP contribution in [0, 0.1) is 0 Å². The van der Waals surface area contributed by atoms with E-state index >= 15 is 0 Å². The quantitative estimate of drug-likeness (QED) is 0.0919. The zero-order valence-electron chi connectivity index (χ0n) is 22.1. The van der Waals surface area contributed by atoms with Crippen molar-refractivity contribution in [3.8, 4) is 5.88 Å². The van der Waals surface area contributed by atoms with Gasteiger partial charge >= 0.3 is 0 Å². The molecule has 0 spiro atoms. The van der Waals surface area contributed by atoms with Crippen LogP contribution >= 0.6 is 23.4 Å². The van der Waals surface area contributed by atoms with E-state index in [0.29, 0.717) is 42.4 Å². The van der Waals surface area contributed by atoms with E-state index in [0.717, 1.165) is 0 Å². The van der Waals surface area contributed by atoms with Gasteiger partial charge < -0.3 is 19.5 Å². The number of hydrogen-bond acceptors (Lipinski definition) is 7. The van der Waals surface area contributed by atoms with E-state index in [9.17, 15) is 4.79 Å². The predicted molar refractivity (Wildman–Crippen MR) is 159 cm³/mol. The monoisotopic (exact) mass is 568 g/mol. The van der Waals surface area contributed by atoms with Crippen molar-refractivity contribution in [2.45, 2.75) is 31.0 Å². The first-order valence-electron chi connectivity index (χ1n) is 12.5. The molecule has 0 radical (unpaired) electrons. The minimum atomic E-state index is -2.56. The molecule has 0 aliphatic rings. The molecule has 0 amide bonds. The Morgan fingerprint density at radius 1 is 0.974 bits per heavy atom. The number of aromatic nitrogens is 3. The van der Waals surface area contributed by atoms with Gasteiger partial charge in [-0.15, -0.1) is 0 Å². The van der Waals surface area contributed by atoms with Gasteiger partial charge in [0.05, 0.1) is 5.52 Å². The van der Waals surface area contributed by atoms with Crippen molar-refractivity contribution < 1.29 is 9.16 Å². The van der Waals surface area contributed by atoms with Crippen LogP contribution < -0.4 is 26.0 Å². The van der Waals surface area contributed by atoms with E-state index in [1.165, 1.54) is 22.1 Å². The molecule has 2 heterocycles. The van der Waals surface area contributed by atoms with Crippen LogP contribution in [0.5, 0.6) is 5.88 Å². The van der Waals surface area contributed by atoms with Gasteiger partial charge in [0.15, 0.2) is 5.16 Å². The van der Waals surface area contributed by atoms with Crippen LogP contribution in [0.25, 0.3) is 10.9 Å². The average molecular weight is 569 g/mol. The van der Waals surface area contributed by atoms with Crippen LogP contribution in [0.3, 0.4) is 0 Å². The maximum atomic E-state index is 12.6. The molecule has 0 unspecified atom stereocenters. The smallest absolute Gasteiger partial charge is 0.264 e. The van der Waals surface area contributed by atoms with Gasteiger partial charge in [0.1, 0.15) is 17.1 Å². The summed E-state index contributed by atoms with van der Waals surface area (Å²) in [5, 5.41) is 6.85. The normalized spacial score (nSPS) is 12.1. The molecule has 2 N–H and O–H groups in total. The maximum Gasteiger partial charge on any atom is 0.264 e. The standard InChI is InChI=1S/C28H33ClN4O3SSi/c1-28(2,3)38(20-11-7-5-8-12-20,21-13-9-6-10-14-21)36-18-16-30-15-17-35-26-24-22(19-23(29)32-26)31-27(37-4)33-25(24)34/h5-14,19,30H,15-18H2,1-4H3,(H,31,33,34). The van der Waals surface area contributed by atoms with Crippen LogP contribution in [-0.4, -0.2) is 55.8 Å². The van der Waals surface area contributed by atoms with Crippen molar-refractivity contribution in [1.82, 2.24) is 20.3 Å². The summed E-state index contributed by atoms with van der Waals surface area (Å²) in [7, 11) is -2.56. The van der Waals surface area contributed by atoms with Crippen LogP contribution in [-0.2, 0) is 4.43 Å². The first-order valence-corrected chi connectivity index (χ1v) is 16.0. The number of benzene rings is 2. The van der Waals surface area contributed by atoms with Gasteiger partial charge in [-0.3, -0.25) is 4.79 Å². The zero-order valence-corrected chi connectivity index (χ0v) is 24.7. The number of aromatic amines is 1. The second kappa shape index (κ2) is 12.4. The van der Waals surface area contributed by atoms with Crippen LogP contribution in [0.4, 0.5) is 0 Å². The molecule has 7 nitrogen and oxygen atoms in total. The second-order valence-electron chi connectivity index (χ2n) is 9.83. The molecule has 2 aromatic carbocycles. The number of fused-ring (bicyclic) bond motifs is 1. The van der Waals surface area contributed by atoms with E-state index in [1.54, 1.807) is 6.07 Å². The Hall–Kier alpha value is -2.69. The summed E-state index contributed by atoms with van der Waals surface area (Å²) >= 11 is 7.50. The summed E-state index contributed by atoms with van der Waals surface area (Å²) in [6.45, 7) is 8.85. The zero-order chi connectivity index (χ0) is 27.2. The first-order chi connectivity index (χ1) is 18.3. The Balaban J connectivity index is 1.41. The Labute approximate surface area is 233 Å². The number of halogens is 1. The van der Waals surface area contributed by atoms with Crippen molar-refractivity contribution >= 4 is 53.0 Å². The molecule has 0 saturated carbocycles. The molecular formula is C28H33ClN4O3SSi. The van der Waals surface area contributed by atoms with Crippen LogP contribution in [0.15, 0.2) is 76.7 Å². The van der Waals surface area contributed by atoms with Gasteiger partial charge in [-0.05, 0) is 21.7 Å². The summed E-state index contributed by atoms with van der Waals surface area (Å²) in [5.41, 5.74) is 0.157. The number of nitrogens with one attached hydrogen (secondary N) is 2. The van der Waals surface area contributed by atoms with Gasteiger partial charge in [-0.25, -0.2) is 9.97 Å². The van der Waals surface area contributed by atoms with Crippen molar-refractivity contribution in [3.63, 3.8) is 0 Å². The van der Waals surface area contributed by atoms with Gasteiger partial charge in [-0.1, -0.05) is 105 Å². The number of hydrogen-bond donors (Lipinski definition) is 2. The number of H-pyrrole nitrogens is 1. The minimum Gasteiger partial charge on any atom is -0.476 e. The summed E-state index contributed by atoms with van der Waals surface area (Å²) in [5.74, 6) is 0.180. The summed E-state index contributed by atoms with van der Waals surface area (Å²) < 4.78 is 12.7. The fourth-order valence-corrected chi connectivity index (χ4v) is 9.79. The van der Waals surface area contributed by atoms with Crippen molar-refractivity contribution in [1.29, 1.82) is 0 Å². The van der Waals surface area contributed by atoms with E-state index in [-0.39, 0.29) is 21.6 Å². The Bertz CT molecular complexity index is 1380. The number of rotatable bonds is 11. The highest BCUT2D eigenvalue weighted by molar-refractivity contribution is 7.98. The molecule has 0 atom stereocenters. The summed E-state index contributed by atoms with van der Waals surface area (Å²) in [4.78, 5) is 23.9. The lowest BCUT2D eigenvalue weighted by atomic mass is 10.2. The van der Waals surface area contributed by atoms with E-state index < -0.39 is 8.32 Å². The van der Waals surface area contributed by atoms with Crippen LogP contribution in [0.2, 0.25) is 10.2 Å². The molecule has 0 fully saturated rings. The Morgan fingerprint density at radius 2 is 1.58 bits per heavy atom. The third-order valence-corrected chi connectivity index (χ3v) is 12.1. The fourth-order valence-electron chi connectivity index (χ4n) is 4.66. The summed E-state index contributed by atoms with van der Waals surface area (Å²) in [6.07, 6.45) is 1.84. The molecular weight excluding hydrogens is 536 g/mol. The van der Waals surface area contributed by atoms with E-state index in [4.69, 9.17) is 20.8 Å². The third kappa shape index (κ3) is 6.13. The Morgan fingerprint density at radius 3 is 2.16 bits per heavy atom. The molecule has 2 aromatic heterocycles. The SMILES string of the molecule is CSc1nc2cc(Cl)nc(OCCNCCO[Si](c3ccccc3)(c3ccccc3)C(C)(C)C)c2c(=O)[nH]1. The molecule has 10 heteroatoms. The molecule has 0 bridgehead atoms. The average Bonchev–Trinajstić information content (AvgIpc) is 2.90. The van der Waals surface area contributed by atoms with Crippen LogP contribution in [0.1, 0.15) is 20.8 Å². The number of pyridine rings is 1. The summed E-state index contributed by atoms with van der Waals surface area (Å²) in [6, 6.07) is 22.7. The highest BCUT2D eigenvalue weighted by atomic mass is 35.5. The van der Waals surface area contributed by atoms with Gasteiger partial charge in [0.25, 0.3) is 13.9 Å². The number of ether oxygens (including phenoxy) is 1. The van der Waals surface area contributed by atoms with E-state index in [1.807, 2.05) is 18.4 Å². The van der Waals surface area contributed by atoms with Crippen molar-refractivity contribution in [2.75, 3.05) is 32.6 Å². The van der Waals surface area contributed by atoms with Crippen molar-refractivity contribution in [3.05, 3.63) is 82.2 Å². The Kier molecular flexibility index (Phi) is 9.27.